The molecule has 1 amide bonds. The number of phenolic OH excluding ortho intramolecular Hbond substituents is 1. The van der Waals surface area contributed by atoms with Crippen molar-refractivity contribution in [2.24, 2.45) is 5.92 Å². The van der Waals surface area contributed by atoms with Crippen LogP contribution >= 0.6 is 0 Å². The van der Waals surface area contributed by atoms with Crippen molar-refractivity contribution < 1.29 is 14.3 Å². The maximum absolute atomic E-state index is 13.2. The number of phenols is 1. The van der Waals surface area contributed by atoms with Crippen LogP contribution in [0.1, 0.15) is 31.4 Å². The average Bonchev–Trinajstić information content (AvgIpc) is 2.79. The molecule has 1 saturated heterocycles. The van der Waals surface area contributed by atoms with Crippen LogP contribution in [0, 0.1) is 11.7 Å². The summed E-state index contributed by atoms with van der Waals surface area (Å²) in [5, 5.41) is 10.1. The molecule has 3 rings (SSSR count). The Morgan fingerprint density at radius 2 is 1.81 bits per heavy atom. The molecule has 1 fully saturated rings. The number of halogens is 1. The van der Waals surface area contributed by atoms with Gasteiger partial charge in [0.25, 0.3) is 0 Å². The highest BCUT2D eigenvalue weighted by Crippen LogP contribution is 2.24. The van der Waals surface area contributed by atoms with Gasteiger partial charge < -0.3 is 10.0 Å². The third-order valence-electron chi connectivity index (χ3n) is 5.23. The van der Waals surface area contributed by atoms with Gasteiger partial charge in [0.1, 0.15) is 11.6 Å². The van der Waals surface area contributed by atoms with Crippen molar-refractivity contribution in [1.82, 2.24) is 9.80 Å². The minimum atomic E-state index is -0.268. The van der Waals surface area contributed by atoms with E-state index in [4.69, 9.17) is 0 Å². The highest BCUT2D eigenvalue weighted by Gasteiger charge is 2.31. The Kier molecular flexibility index (Phi) is 6.11. The molecule has 1 aliphatic heterocycles. The van der Waals surface area contributed by atoms with E-state index >= 15 is 0 Å². The Hall–Kier alpha value is -2.40. The highest BCUT2D eigenvalue weighted by atomic mass is 19.1. The fraction of sp³-hybridized carbons (Fsp3) is 0.409. The smallest absolute Gasteiger partial charge is 0.224 e. The minimum absolute atomic E-state index is 0.0657. The summed E-state index contributed by atoms with van der Waals surface area (Å²) in [6.07, 6.45) is 0.442. The first-order valence-electron chi connectivity index (χ1n) is 9.47. The molecule has 144 valence electrons. The predicted molar refractivity (Wildman–Crippen MR) is 104 cm³/mol. The van der Waals surface area contributed by atoms with Crippen molar-refractivity contribution in [3.05, 3.63) is 65.5 Å². The number of carbonyl (C=O) groups excluding carboxylic acids is 1. The van der Waals surface area contributed by atoms with Gasteiger partial charge in [-0.2, -0.15) is 0 Å². The van der Waals surface area contributed by atoms with Crippen LogP contribution < -0.4 is 0 Å². The van der Waals surface area contributed by atoms with E-state index < -0.39 is 0 Å². The van der Waals surface area contributed by atoms with Crippen molar-refractivity contribution in [3.8, 4) is 5.75 Å². The molecule has 1 N–H and O–H groups in total. The van der Waals surface area contributed by atoms with Gasteiger partial charge in [-0.25, -0.2) is 4.39 Å². The second-order valence-electron chi connectivity index (χ2n) is 7.57. The van der Waals surface area contributed by atoms with Crippen LogP contribution in [0.2, 0.25) is 0 Å². The summed E-state index contributed by atoms with van der Waals surface area (Å²) in [5.74, 6) is 0.435. The summed E-state index contributed by atoms with van der Waals surface area (Å²) in [6.45, 7) is 6.77. The van der Waals surface area contributed by atoms with Crippen molar-refractivity contribution >= 4 is 5.91 Å². The van der Waals surface area contributed by atoms with Gasteiger partial charge in [-0.3, -0.25) is 9.69 Å². The number of para-hydroxylation sites is 1. The minimum Gasteiger partial charge on any atom is -0.508 e. The molecule has 0 aromatic heterocycles. The normalized spacial score (nSPS) is 18.7. The van der Waals surface area contributed by atoms with Gasteiger partial charge in [0.2, 0.25) is 5.91 Å². The van der Waals surface area contributed by atoms with E-state index in [2.05, 4.69) is 18.7 Å². The van der Waals surface area contributed by atoms with Crippen LogP contribution in [-0.2, 0) is 17.9 Å². The lowest BCUT2D eigenvalue weighted by molar-refractivity contribution is -0.134. The Balaban J connectivity index is 1.78. The van der Waals surface area contributed by atoms with Crippen LogP contribution in [0.4, 0.5) is 4.39 Å². The molecule has 27 heavy (non-hydrogen) atoms. The lowest BCUT2D eigenvalue weighted by atomic mass is 10.0. The SMILES string of the molecule is CC(C)C1CN(Cc2ccccc2O)CCC(=O)N1Cc1ccc(F)cc1. The molecule has 0 saturated carbocycles. The Morgan fingerprint density at radius 3 is 2.48 bits per heavy atom. The molecule has 0 aliphatic carbocycles. The number of carbonyl (C=O) groups is 1. The van der Waals surface area contributed by atoms with Gasteiger partial charge >= 0.3 is 0 Å². The Bertz CT molecular complexity index is 776. The molecule has 0 spiro atoms. The number of nitrogens with zero attached hydrogens (tertiary/aromatic N) is 2. The fourth-order valence-corrected chi connectivity index (χ4v) is 3.63. The molecule has 0 radical (unpaired) electrons. The predicted octanol–water partition coefficient (Wildman–Crippen LogP) is 3.79. The van der Waals surface area contributed by atoms with Gasteiger partial charge in [-0.15, -0.1) is 0 Å². The third kappa shape index (κ3) is 4.86. The number of amides is 1. The number of rotatable bonds is 5. The molecule has 0 bridgehead atoms. The second-order valence-corrected chi connectivity index (χ2v) is 7.57. The first kappa shape index (κ1) is 19.4. The van der Waals surface area contributed by atoms with E-state index in [1.807, 2.05) is 23.1 Å². The Morgan fingerprint density at radius 1 is 1.11 bits per heavy atom. The molecule has 5 heteroatoms. The molecule has 2 aromatic rings. The molecule has 2 aromatic carbocycles. The summed E-state index contributed by atoms with van der Waals surface area (Å²) in [4.78, 5) is 17.0. The van der Waals surface area contributed by atoms with E-state index in [1.54, 1.807) is 18.2 Å². The van der Waals surface area contributed by atoms with Gasteiger partial charge in [0.05, 0.1) is 0 Å². The lowest BCUT2D eigenvalue weighted by Crippen LogP contribution is -2.45. The van der Waals surface area contributed by atoms with Crippen molar-refractivity contribution in [3.63, 3.8) is 0 Å². The lowest BCUT2D eigenvalue weighted by Gasteiger charge is -2.35. The highest BCUT2D eigenvalue weighted by molar-refractivity contribution is 5.77. The quantitative estimate of drug-likeness (QED) is 0.871. The van der Waals surface area contributed by atoms with Crippen LogP contribution in [0.3, 0.4) is 0 Å². The number of hydrogen-bond donors (Lipinski definition) is 1. The zero-order valence-electron chi connectivity index (χ0n) is 15.9. The standard InChI is InChI=1S/C22H27FN2O2/c1-16(2)20-15-24(14-18-5-3-4-6-21(18)26)12-11-22(27)25(20)13-17-7-9-19(23)10-8-17/h3-10,16,20,26H,11-15H2,1-2H3. The van der Waals surface area contributed by atoms with Gasteiger partial charge in [-0.1, -0.05) is 44.2 Å². The van der Waals surface area contributed by atoms with E-state index in [0.717, 1.165) is 17.7 Å². The maximum atomic E-state index is 13.2. The monoisotopic (exact) mass is 370 g/mol. The fourth-order valence-electron chi connectivity index (χ4n) is 3.63. The molecule has 4 nitrogen and oxygen atoms in total. The van der Waals surface area contributed by atoms with Crippen molar-refractivity contribution in [2.45, 2.75) is 39.4 Å². The van der Waals surface area contributed by atoms with Crippen molar-refractivity contribution in [2.75, 3.05) is 13.1 Å². The van der Waals surface area contributed by atoms with Gasteiger partial charge in [-0.05, 0) is 29.7 Å². The topological polar surface area (TPSA) is 43.8 Å². The summed E-state index contributed by atoms with van der Waals surface area (Å²) in [5.41, 5.74) is 1.81. The van der Waals surface area contributed by atoms with E-state index in [-0.39, 0.29) is 23.5 Å². The number of aromatic hydroxyl groups is 1. The molecular weight excluding hydrogens is 343 g/mol. The summed E-state index contributed by atoms with van der Waals surface area (Å²) >= 11 is 0. The summed E-state index contributed by atoms with van der Waals surface area (Å²) < 4.78 is 13.2. The van der Waals surface area contributed by atoms with Crippen molar-refractivity contribution in [1.29, 1.82) is 0 Å². The van der Waals surface area contributed by atoms with Gasteiger partial charge in [0, 0.05) is 44.2 Å². The zero-order valence-corrected chi connectivity index (χ0v) is 15.9. The van der Waals surface area contributed by atoms with Gasteiger partial charge in [0.15, 0.2) is 0 Å². The maximum Gasteiger partial charge on any atom is 0.224 e. The van der Waals surface area contributed by atoms with E-state index in [0.29, 0.717) is 32.0 Å². The largest absolute Gasteiger partial charge is 0.508 e. The molecule has 1 aliphatic rings. The summed E-state index contributed by atoms with van der Waals surface area (Å²) in [6, 6.07) is 13.8. The summed E-state index contributed by atoms with van der Waals surface area (Å²) in [7, 11) is 0. The van der Waals surface area contributed by atoms with Crippen LogP contribution in [0.25, 0.3) is 0 Å². The van der Waals surface area contributed by atoms with Crippen LogP contribution in [-0.4, -0.2) is 39.9 Å². The Labute approximate surface area is 160 Å². The molecule has 1 unspecified atom stereocenters. The number of benzene rings is 2. The third-order valence-corrected chi connectivity index (χ3v) is 5.23. The van der Waals surface area contributed by atoms with E-state index in [9.17, 15) is 14.3 Å². The molecule has 1 atom stereocenters. The first-order chi connectivity index (χ1) is 12.9. The number of hydrogen-bond acceptors (Lipinski definition) is 3. The van der Waals surface area contributed by atoms with E-state index in [1.165, 1.54) is 12.1 Å². The van der Waals surface area contributed by atoms with Crippen LogP contribution in [0.15, 0.2) is 48.5 Å². The average molecular weight is 370 g/mol. The first-order valence-corrected chi connectivity index (χ1v) is 9.47. The second kappa shape index (κ2) is 8.53. The van der Waals surface area contributed by atoms with Crippen LogP contribution in [0.5, 0.6) is 5.75 Å². The molecule has 1 heterocycles. The molecular formula is C22H27FN2O2. The zero-order chi connectivity index (χ0) is 19.4.